The number of nitrogens with one attached hydrogen (secondary N) is 4. The molecule has 38 atom stereocenters. The van der Waals surface area contributed by atoms with Crippen molar-refractivity contribution < 1.29 is 208 Å². The maximum absolute atomic E-state index is 13.6. The van der Waals surface area contributed by atoms with Crippen molar-refractivity contribution in [2.24, 2.45) is 0 Å². The van der Waals surface area contributed by atoms with Crippen LogP contribution in [0.2, 0.25) is 0 Å². The van der Waals surface area contributed by atoms with E-state index in [2.05, 4.69) is 35.1 Å². The lowest BCUT2D eigenvalue weighted by molar-refractivity contribution is -0.391. The molecule has 135 heavy (non-hydrogen) atoms. The van der Waals surface area contributed by atoms with Crippen molar-refractivity contribution in [2.45, 2.75) is 459 Å². The number of amides is 4. The highest BCUT2D eigenvalue weighted by atomic mass is 16.8. The normalized spacial score (nSPS) is 36.7. The maximum Gasteiger partial charge on any atom is 0.364 e. The lowest BCUT2D eigenvalue weighted by Gasteiger charge is -2.51. The molecule has 46 heteroatoms. The van der Waals surface area contributed by atoms with Gasteiger partial charge in [0.2, 0.25) is 23.6 Å². The second kappa shape index (κ2) is 60.9. The minimum absolute atomic E-state index is 0.151. The van der Waals surface area contributed by atoms with Gasteiger partial charge >= 0.3 is 5.97 Å². The molecule has 0 aromatic rings. The number of aliphatic carboxylic acids is 1. The number of ether oxygens (including phenoxy) is 14. The van der Waals surface area contributed by atoms with Crippen LogP contribution in [0.15, 0.2) is 12.2 Å². The van der Waals surface area contributed by atoms with E-state index < -0.39 is 322 Å². The van der Waals surface area contributed by atoms with Gasteiger partial charge in [0.25, 0.3) is 5.79 Å². The second-order valence-electron chi connectivity index (χ2n) is 36.4. The number of carbonyl (C=O) groups is 5. The monoisotopic (exact) mass is 1960 g/mol. The van der Waals surface area contributed by atoms with Gasteiger partial charge in [-0.3, -0.25) is 19.2 Å². The zero-order valence-electron chi connectivity index (χ0n) is 77.8. The topological polar surface area (TPSA) is 728 Å². The largest absolute Gasteiger partial charge is 0.477 e. The molecule has 46 nitrogen and oxygen atoms in total. The molecule has 0 bridgehead atoms. The molecule has 786 valence electrons. The SMILES string of the molecule is CCCCCCCCCCCCC/C=C/[C@@H](O)[C@H](CO[C@@H]1OC(CO)[C@@H](O[C@@H]2OC(CO)[C@H](O)[C@H](O[C@@H]3OC(CO)[C@@H](O[C@@H]4OC(CO)[C@H](O)[C@H](O[C@@H]5OC(CO)[C@@H](O[C@@H]6OC(CO)[C@H](O)[C@H](O[C@]7(C(=O)O)CC(O)[C@@H](NC(=O)CO)C([C@H](O)[C@H](O)CO)O7)C6O)[C@H](O)C5NC(C)=O)C4O)[C@H](O)C3NC(C)=O)C2O)[C@H](O)C1O)NC(=O)CCCCCCCCCCCCCCCCCCC. The van der Waals surface area contributed by atoms with Crippen molar-refractivity contribution in [3.8, 4) is 0 Å². The van der Waals surface area contributed by atoms with Crippen LogP contribution in [0.1, 0.15) is 227 Å². The molecule has 7 heterocycles. The van der Waals surface area contributed by atoms with Gasteiger partial charge in [0.05, 0.1) is 77.1 Å². The van der Waals surface area contributed by atoms with Crippen LogP contribution >= 0.6 is 0 Å². The summed E-state index contributed by atoms with van der Waals surface area (Å²) in [5, 5.41) is 267. The summed E-state index contributed by atoms with van der Waals surface area (Å²) in [5.41, 5.74) is 0. The lowest BCUT2D eigenvalue weighted by Crippen LogP contribution is -2.71. The van der Waals surface area contributed by atoms with Crippen LogP contribution in [-0.2, 0) is 90.3 Å². The molecule has 0 saturated carbocycles. The molecular formula is C89H158N4O42. The van der Waals surface area contributed by atoms with Gasteiger partial charge in [-0.2, -0.15) is 0 Å². The minimum atomic E-state index is -3.31. The standard InChI is InChI=1S/C89H158N4O42/c1-5-7-9-11-13-15-17-19-20-21-22-24-26-28-30-32-34-36-59(107)92-49(50(104)35-33-31-29-27-25-23-18-16-14-12-10-8-6-2)46-122-84-71(116)70(115)77(58(44-100)128-84)131-86-73(118)80(66(111)54(40-96)124-86)133-82-62(90-47(3)102)68(113)75(56(42-98)126-82)129-85-72(117)79(65(110)53(39-95)123-85)132-83-63(91-48(4)103)69(114)76(57(43-99)127-83)130-87-74(119)81(67(112)55(41-97)125-87)135-89(88(120)121)37-51(105)61(93-60(108)45-101)78(134-89)64(109)52(106)38-94/h33,35,49-58,61-87,94-101,104-106,109-119H,5-32,34,36-46H2,1-4H3,(H,90,102)(H,91,103)(H,92,107)(H,93,108)(H,120,121)/b35-33+/t49-,50+,51?,52+,53?,54?,55?,56?,57?,58?,61+,62?,63?,64+,65-,66-,67-,68+,69+,70+,71?,72?,73?,74?,75+,76+,77+,78?,79-,80-,81-,82-,83-,84+,85-,86-,87-,89-/m0/s1. The molecule has 7 saturated heterocycles. The average Bonchev–Trinajstić information content (AvgIpc) is 0.749. The van der Waals surface area contributed by atoms with Gasteiger partial charge in [-0.15, -0.1) is 0 Å². The molecular weight excluding hydrogens is 1800 g/mol. The van der Waals surface area contributed by atoms with E-state index in [0.29, 0.717) is 12.8 Å². The molecule has 0 aromatic carbocycles. The van der Waals surface area contributed by atoms with Crippen LogP contribution in [0.4, 0.5) is 0 Å². The number of allylic oxidation sites excluding steroid dienone is 1. The summed E-state index contributed by atoms with van der Waals surface area (Å²) in [4.78, 5) is 65.3. The first-order chi connectivity index (χ1) is 64.7. The van der Waals surface area contributed by atoms with Crippen molar-refractivity contribution in [3.63, 3.8) is 0 Å². The van der Waals surface area contributed by atoms with E-state index >= 15 is 0 Å². The number of carboxylic acid groups (broad SMARTS) is 1. The van der Waals surface area contributed by atoms with Gasteiger partial charge in [-0.05, 0) is 19.3 Å². The quantitative estimate of drug-likeness (QED) is 0.0200. The van der Waals surface area contributed by atoms with E-state index in [1.807, 2.05) is 6.08 Å². The molecule has 14 unspecified atom stereocenters. The zero-order valence-corrected chi connectivity index (χ0v) is 77.8. The smallest absolute Gasteiger partial charge is 0.364 e. The third kappa shape index (κ3) is 34.4. The number of hydrogen-bond donors (Lipinski definition) is 27. The molecule has 0 aliphatic carbocycles. The Morgan fingerprint density at radius 1 is 0.393 bits per heavy atom. The third-order valence-electron chi connectivity index (χ3n) is 25.8. The van der Waals surface area contributed by atoms with Crippen LogP contribution in [0.3, 0.4) is 0 Å². The lowest BCUT2D eigenvalue weighted by atomic mass is 9.88. The maximum atomic E-state index is 13.6. The summed E-state index contributed by atoms with van der Waals surface area (Å²) >= 11 is 0. The van der Waals surface area contributed by atoms with Gasteiger partial charge in [-0.1, -0.05) is 193 Å². The molecule has 4 amide bonds. The summed E-state index contributed by atoms with van der Waals surface area (Å²) in [5.74, 6) is -8.93. The van der Waals surface area contributed by atoms with Gasteiger partial charge < -0.3 is 205 Å². The molecule has 7 aliphatic rings. The summed E-state index contributed by atoms with van der Waals surface area (Å²) in [6.07, 6.45) is -33.4. The highest BCUT2D eigenvalue weighted by Gasteiger charge is 2.63. The Bertz CT molecular complexity index is 3360. The fourth-order valence-corrected chi connectivity index (χ4v) is 18.0. The highest BCUT2D eigenvalue weighted by Crippen LogP contribution is 2.42. The molecule has 0 spiro atoms. The zero-order chi connectivity index (χ0) is 99.2. The Hall–Kier alpha value is -4.35. The summed E-state index contributed by atoms with van der Waals surface area (Å²) in [7, 11) is 0. The van der Waals surface area contributed by atoms with Gasteiger partial charge in [0.15, 0.2) is 37.7 Å². The predicted molar refractivity (Wildman–Crippen MR) is 466 cm³/mol. The molecule has 7 aliphatic heterocycles. The summed E-state index contributed by atoms with van der Waals surface area (Å²) in [6, 6.07) is -6.86. The number of unbranched alkanes of at least 4 members (excludes halogenated alkanes) is 27. The van der Waals surface area contributed by atoms with Crippen LogP contribution in [0.5, 0.6) is 0 Å². The Morgan fingerprint density at radius 2 is 0.748 bits per heavy atom. The first-order valence-corrected chi connectivity index (χ1v) is 48.3. The van der Waals surface area contributed by atoms with E-state index in [1.54, 1.807) is 6.08 Å². The van der Waals surface area contributed by atoms with E-state index in [1.165, 1.54) is 116 Å². The van der Waals surface area contributed by atoms with Crippen LogP contribution in [0, 0.1) is 0 Å². The molecule has 7 rings (SSSR count). The van der Waals surface area contributed by atoms with Crippen molar-refractivity contribution in [2.75, 3.05) is 59.5 Å². The number of aliphatic hydroxyl groups excluding tert-OH is 22. The Kier molecular flexibility index (Phi) is 53.1. The average molecular weight is 1960 g/mol. The molecule has 0 radical (unpaired) electrons. The van der Waals surface area contributed by atoms with E-state index in [9.17, 15) is 141 Å². The Balaban J connectivity index is 1.00. The number of hydrogen-bond acceptors (Lipinski definition) is 41. The fraction of sp³-hybridized carbons (Fsp3) is 0.921. The highest BCUT2D eigenvalue weighted by molar-refractivity contribution is 5.78. The predicted octanol–water partition coefficient (Wildman–Crippen LogP) is -5.50. The van der Waals surface area contributed by atoms with Crippen LogP contribution in [0.25, 0.3) is 0 Å². The van der Waals surface area contributed by atoms with E-state index in [0.717, 1.165) is 71.6 Å². The number of carbonyl (C=O) groups excluding carboxylic acids is 4. The molecule has 0 aromatic heterocycles. The second-order valence-corrected chi connectivity index (χ2v) is 36.4. The fourth-order valence-electron chi connectivity index (χ4n) is 18.0. The van der Waals surface area contributed by atoms with Crippen LogP contribution in [-0.4, -0.2) is 439 Å². The summed E-state index contributed by atoms with van der Waals surface area (Å²) in [6.45, 7) is -3.30. The number of carboxylic acids is 1. The Morgan fingerprint density at radius 3 is 1.13 bits per heavy atom. The minimum Gasteiger partial charge on any atom is -0.477 e. The first kappa shape index (κ1) is 118. The van der Waals surface area contributed by atoms with Gasteiger partial charge in [0, 0.05) is 26.7 Å². The number of aliphatic hydroxyl groups is 22. The van der Waals surface area contributed by atoms with Crippen molar-refractivity contribution >= 4 is 29.6 Å². The van der Waals surface area contributed by atoms with Crippen LogP contribution < -0.4 is 21.3 Å². The van der Waals surface area contributed by atoms with Gasteiger partial charge in [-0.25, -0.2) is 4.79 Å². The van der Waals surface area contributed by atoms with E-state index in [-0.39, 0.29) is 12.3 Å². The van der Waals surface area contributed by atoms with Crippen molar-refractivity contribution in [1.82, 2.24) is 21.3 Å². The summed E-state index contributed by atoms with van der Waals surface area (Å²) < 4.78 is 82.9. The van der Waals surface area contributed by atoms with Crippen molar-refractivity contribution in [3.05, 3.63) is 12.2 Å². The Labute approximate surface area is 786 Å². The first-order valence-electron chi connectivity index (χ1n) is 48.3. The molecule has 7 fully saturated rings. The van der Waals surface area contributed by atoms with Crippen molar-refractivity contribution in [1.29, 1.82) is 0 Å². The molecule has 27 N–H and O–H groups in total. The van der Waals surface area contributed by atoms with E-state index in [4.69, 9.17) is 66.3 Å². The third-order valence-corrected chi connectivity index (χ3v) is 25.8. The number of rotatable bonds is 62. The van der Waals surface area contributed by atoms with Gasteiger partial charge in [0.1, 0.15) is 171 Å².